The molecule has 0 N–H and O–H groups in total. The number of halogens is 2. The fraction of sp³-hybridized carbons (Fsp3) is 0.304. The van der Waals surface area contributed by atoms with Crippen molar-refractivity contribution in [2.24, 2.45) is 0 Å². The molecule has 1 aliphatic rings. The Morgan fingerprint density at radius 2 is 1.93 bits per heavy atom. The number of ether oxygens (including phenoxy) is 1. The van der Waals surface area contributed by atoms with Gasteiger partial charge < -0.3 is 14.1 Å². The van der Waals surface area contributed by atoms with Gasteiger partial charge in [-0.05, 0) is 49.1 Å². The highest BCUT2D eigenvalue weighted by Crippen LogP contribution is 2.31. The summed E-state index contributed by atoms with van der Waals surface area (Å²) in [5.41, 5.74) is 0.790. The molecule has 2 aromatic carbocycles. The molecule has 0 saturated carbocycles. The molecule has 0 radical (unpaired) electrons. The van der Waals surface area contributed by atoms with E-state index in [1.807, 2.05) is 6.07 Å². The van der Waals surface area contributed by atoms with E-state index in [0.29, 0.717) is 30.4 Å². The normalized spacial score (nSPS) is 16.5. The standard InChI is InChI=1S/C23H22F2N2O3/c24-17-6-3-5-16(11-17)12-20-14-26-23(30-20)21-9-1-2-10-27(21)22(28)15-29-19-8-4-7-18(25)13-19/h3-8,11,13-14,21H,1-2,9-10,12,15H2. The van der Waals surface area contributed by atoms with E-state index in [0.717, 1.165) is 24.8 Å². The van der Waals surface area contributed by atoms with E-state index in [9.17, 15) is 13.6 Å². The van der Waals surface area contributed by atoms with E-state index >= 15 is 0 Å². The van der Waals surface area contributed by atoms with Gasteiger partial charge in [-0.15, -0.1) is 0 Å². The monoisotopic (exact) mass is 412 g/mol. The number of aromatic nitrogens is 1. The zero-order valence-electron chi connectivity index (χ0n) is 16.4. The second-order valence-corrected chi connectivity index (χ2v) is 7.32. The summed E-state index contributed by atoms with van der Waals surface area (Å²) in [6.45, 7) is 0.397. The van der Waals surface area contributed by atoms with Crippen LogP contribution >= 0.6 is 0 Å². The molecule has 1 amide bonds. The molecule has 1 atom stereocenters. The molecule has 30 heavy (non-hydrogen) atoms. The minimum absolute atomic E-state index is 0.184. The van der Waals surface area contributed by atoms with Gasteiger partial charge in [0.1, 0.15) is 29.2 Å². The quantitative estimate of drug-likeness (QED) is 0.590. The summed E-state index contributed by atoms with van der Waals surface area (Å²) in [7, 11) is 0. The second-order valence-electron chi connectivity index (χ2n) is 7.32. The minimum atomic E-state index is -0.415. The largest absolute Gasteiger partial charge is 0.484 e. The molecular weight excluding hydrogens is 390 g/mol. The molecule has 3 aromatic rings. The van der Waals surface area contributed by atoms with Gasteiger partial charge in [-0.3, -0.25) is 4.79 Å². The fourth-order valence-corrected chi connectivity index (χ4v) is 3.68. The highest BCUT2D eigenvalue weighted by Gasteiger charge is 2.31. The number of nitrogens with zero attached hydrogens (tertiary/aromatic N) is 2. The van der Waals surface area contributed by atoms with Crippen molar-refractivity contribution in [3.8, 4) is 5.75 Å². The van der Waals surface area contributed by atoms with Gasteiger partial charge >= 0.3 is 0 Å². The third kappa shape index (κ3) is 4.84. The molecule has 2 heterocycles. The van der Waals surface area contributed by atoms with Crippen LogP contribution in [0.25, 0.3) is 0 Å². The zero-order chi connectivity index (χ0) is 20.9. The van der Waals surface area contributed by atoms with Crippen molar-refractivity contribution in [1.82, 2.24) is 9.88 Å². The lowest BCUT2D eigenvalue weighted by molar-refractivity contribution is -0.137. The van der Waals surface area contributed by atoms with Crippen molar-refractivity contribution in [2.45, 2.75) is 31.7 Å². The van der Waals surface area contributed by atoms with Crippen LogP contribution in [0.4, 0.5) is 8.78 Å². The third-order valence-corrected chi connectivity index (χ3v) is 5.11. The molecule has 0 aliphatic carbocycles. The van der Waals surface area contributed by atoms with E-state index in [2.05, 4.69) is 4.98 Å². The molecule has 1 aliphatic heterocycles. The van der Waals surface area contributed by atoms with Gasteiger partial charge in [0.2, 0.25) is 5.89 Å². The van der Waals surface area contributed by atoms with E-state index in [4.69, 9.17) is 9.15 Å². The molecule has 5 nitrogen and oxygen atoms in total. The van der Waals surface area contributed by atoms with Crippen LogP contribution in [0.2, 0.25) is 0 Å². The highest BCUT2D eigenvalue weighted by molar-refractivity contribution is 5.78. The lowest BCUT2D eigenvalue weighted by Crippen LogP contribution is -2.41. The van der Waals surface area contributed by atoms with Crippen LogP contribution in [-0.4, -0.2) is 28.9 Å². The third-order valence-electron chi connectivity index (χ3n) is 5.11. The van der Waals surface area contributed by atoms with Crippen LogP contribution in [0, 0.1) is 11.6 Å². The van der Waals surface area contributed by atoms with Crippen LogP contribution < -0.4 is 4.74 Å². The first-order chi connectivity index (χ1) is 14.6. The molecule has 1 aromatic heterocycles. The van der Waals surface area contributed by atoms with Crippen LogP contribution in [-0.2, 0) is 11.2 Å². The topological polar surface area (TPSA) is 55.6 Å². The Morgan fingerprint density at radius 3 is 2.73 bits per heavy atom. The van der Waals surface area contributed by atoms with Gasteiger partial charge in [0.15, 0.2) is 6.61 Å². The number of amides is 1. The maximum atomic E-state index is 13.4. The SMILES string of the molecule is O=C(COc1cccc(F)c1)N1CCCCC1c1ncc(Cc2cccc(F)c2)o1. The van der Waals surface area contributed by atoms with Crippen LogP contribution in [0.15, 0.2) is 59.1 Å². The molecule has 1 unspecified atom stereocenters. The van der Waals surface area contributed by atoms with Gasteiger partial charge in [0, 0.05) is 19.0 Å². The number of likely N-dealkylation sites (tertiary alicyclic amines) is 1. The number of oxazole rings is 1. The Kier molecular flexibility index (Phi) is 6.07. The van der Waals surface area contributed by atoms with Crippen LogP contribution in [0.1, 0.15) is 42.5 Å². The lowest BCUT2D eigenvalue weighted by atomic mass is 10.0. The Hall–Kier alpha value is -3.22. The molecule has 1 saturated heterocycles. The molecule has 156 valence electrons. The Morgan fingerprint density at radius 1 is 1.13 bits per heavy atom. The minimum Gasteiger partial charge on any atom is -0.484 e. The van der Waals surface area contributed by atoms with Gasteiger partial charge in [0.25, 0.3) is 5.91 Å². The van der Waals surface area contributed by atoms with E-state index in [1.54, 1.807) is 23.2 Å². The summed E-state index contributed by atoms with van der Waals surface area (Å²) in [5, 5.41) is 0. The summed E-state index contributed by atoms with van der Waals surface area (Å²) in [4.78, 5) is 18.9. The predicted molar refractivity (Wildman–Crippen MR) is 106 cm³/mol. The van der Waals surface area contributed by atoms with Gasteiger partial charge in [0.05, 0.1) is 6.20 Å². The first kappa shape index (κ1) is 20.1. The van der Waals surface area contributed by atoms with Gasteiger partial charge in [-0.1, -0.05) is 18.2 Å². The van der Waals surface area contributed by atoms with Crippen molar-refractivity contribution >= 4 is 5.91 Å². The smallest absolute Gasteiger partial charge is 0.261 e. The molecule has 4 rings (SSSR count). The molecular formula is C23H22F2N2O3. The fourth-order valence-electron chi connectivity index (χ4n) is 3.68. The predicted octanol–water partition coefficient (Wildman–Crippen LogP) is 4.68. The number of piperidine rings is 1. The molecule has 1 fully saturated rings. The maximum Gasteiger partial charge on any atom is 0.261 e. The lowest BCUT2D eigenvalue weighted by Gasteiger charge is -2.33. The van der Waals surface area contributed by atoms with Crippen molar-refractivity contribution in [1.29, 1.82) is 0 Å². The summed E-state index contributed by atoms with van der Waals surface area (Å²) in [6.07, 6.45) is 4.64. The van der Waals surface area contributed by atoms with E-state index in [-0.39, 0.29) is 24.4 Å². The Labute approximate surface area is 173 Å². The average molecular weight is 412 g/mol. The number of carbonyl (C=O) groups excluding carboxylic acids is 1. The highest BCUT2D eigenvalue weighted by atomic mass is 19.1. The number of hydrogen-bond donors (Lipinski definition) is 0. The van der Waals surface area contributed by atoms with Crippen LogP contribution in [0.3, 0.4) is 0 Å². The maximum absolute atomic E-state index is 13.4. The summed E-state index contributed by atoms with van der Waals surface area (Å²) < 4.78 is 38.1. The van der Waals surface area contributed by atoms with Gasteiger partial charge in [-0.25, -0.2) is 13.8 Å². The van der Waals surface area contributed by atoms with Gasteiger partial charge in [-0.2, -0.15) is 0 Å². The summed E-state index contributed by atoms with van der Waals surface area (Å²) in [6, 6.07) is 11.8. The summed E-state index contributed by atoms with van der Waals surface area (Å²) >= 11 is 0. The first-order valence-electron chi connectivity index (χ1n) is 9.95. The average Bonchev–Trinajstić information content (AvgIpc) is 3.20. The number of rotatable bonds is 6. The Balaban J connectivity index is 1.43. The zero-order valence-corrected chi connectivity index (χ0v) is 16.4. The Bertz CT molecular complexity index is 1020. The van der Waals surface area contributed by atoms with Crippen molar-refractivity contribution in [2.75, 3.05) is 13.2 Å². The van der Waals surface area contributed by atoms with E-state index in [1.165, 1.54) is 30.3 Å². The number of hydrogen-bond acceptors (Lipinski definition) is 4. The number of carbonyl (C=O) groups is 1. The molecule has 0 bridgehead atoms. The number of benzene rings is 2. The first-order valence-corrected chi connectivity index (χ1v) is 9.95. The van der Waals surface area contributed by atoms with Crippen LogP contribution in [0.5, 0.6) is 5.75 Å². The van der Waals surface area contributed by atoms with Crippen molar-refractivity contribution in [3.05, 3.63) is 83.6 Å². The van der Waals surface area contributed by atoms with Crippen molar-refractivity contribution < 1.29 is 22.7 Å². The van der Waals surface area contributed by atoms with Crippen molar-refractivity contribution in [3.63, 3.8) is 0 Å². The van der Waals surface area contributed by atoms with E-state index < -0.39 is 5.82 Å². The molecule has 7 heteroatoms. The molecule has 0 spiro atoms. The summed E-state index contributed by atoms with van der Waals surface area (Å²) in [5.74, 6) is 0.486. The second kappa shape index (κ2) is 9.07.